The van der Waals surface area contributed by atoms with Gasteiger partial charge in [-0.15, -0.1) is 0 Å². The second kappa shape index (κ2) is 7.90. The van der Waals surface area contributed by atoms with Crippen molar-refractivity contribution in [1.29, 1.82) is 0 Å². The second-order valence-corrected chi connectivity index (χ2v) is 7.25. The third-order valence-corrected chi connectivity index (χ3v) is 5.79. The monoisotopic (exact) mass is 323 g/mol. The molecule has 1 aromatic rings. The van der Waals surface area contributed by atoms with Gasteiger partial charge in [0.15, 0.2) is 5.96 Å². The minimum atomic E-state index is 0.732. The van der Waals surface area contributed by atoms with Gasteiger partial charge in [-0.3, -0.25) is 9.67 Å². The van der Waals surface area contributed by atoms with Gasteiger partial charge in [0.1, 0.15) is 0 Å². The summed E-state index contributed by atoms with van der Waals surface area (Å²) in [4.78, 5) is 6.86. The fourth-order valence-electron chi connectivity index (χ4n) is 2.97. The van der Waals surface area contributed by atoms with Crippen molar-refractivity contribution in [1.82, 2.24) is 20.0 Å². The lowest BCUT2D eigenvalue weighted by Crippen LogP contribution is -2.48. The number of guanidine groups is 1. The van der Waals surface area contributed by atoms with E-state index in [1.54, 1.807) is 0 Å². The molecule has 2 heterocycles. The molecule has 1 fully saturated rings. The summed E-state index contributed by atoms with van der Waals surface area (Å²) < 4.78 is 1.97. The fraction of sp³-hybridized carbons (Fsp3) is 0.750. The lowest BCUT2D eigenvalue weighted by Gasteiger charge is -2.34. The number of aromatic nitrogens is 2. The topological polar surface area (TPSA) is 45.4 Å². The Labute approximate surface area is 138 Å². The van der Waals surface area contributed by atoms with Crippen molar-refractivity contribution in [2.45, 2.75) is 38.9 Å². The molecule has 0 spiro atoms. The maximum Gasteiger partial charge on any atom is 0.193 e. The van der Waals surface area contributed by atoms with E-state index >= 15 is 0 Å². The van der Waals surface area contributed by atoms with Crippen molar-refractivity contribution in [2.75, 3.05) is 32.4 Å². The summed E-state index contributed by atoms with van der Waals surface area (Å²) in [7, 11) is 3.89. The molecule has 124 valence electrons. The molecule has 1 aliphatic heterocycles. The van der Waals surface area contributed by atoms with Crippen molar-refractivity contribution in [3.63, 3.8) is 0 Å². The van der Waals surface area contributed by atoms with Crippen LogP contribution in [0.1, 0.15) is 30.3 Å². The Bertz CT molecular complexity index is 523. The first-order valence-corrected chi connectivity index (χ1v) is 9.18. The largest absolute Gasteiger partial charge is 0.356 e. The average molecular weight is 324 g/mol. The molecule has 22 heavy (non-hydrogen) atoms. The number of rotatable bonds is 4. The predicted molar refractivity (Wildman–Crippen MR) is 95.9 cm³/mol. The van der Waals surface area contributed by atoms with E-state index in [0.717, 1.165) is 43.0 Å². The zero-order valence-corrected chi connectivity index (χ0v) is 15.3. The Balaban J connectivity index is 1.89. The molecule has 5 nitrogen and oxygen atoms in total. The molecule has 2 rings (SSSR count). The van der Waals surface area contributed by atoms with E-state index in [1.165, 1.54) is 23.4 Å². The van der Waals surface area contributed by atoms with Crippen LogP contribution in [0, 0.1) is 13.8 Å². The zero-order valence-electron chi connectivity index (χ0n) is 14.5. The molecule has 1 aromatic heterocycles. The Morgan fingerprint density at radius 2 is 2.23 bits per heavy atom. The molecule has 1 unspecified atom stereocenters. The molecule has 1 N–H and O–H groups in total. The van der Waals surface area contributed by atoms with E-state index in [9.17, 15) is 0 Å². The summed E-state index contributed by atoms with van der Waals surface area (Å²) in [5, 5.41) is 8.74. The smallest absolute Gasteiger partial charge is 0.193 e. The van der Waals surface area contributed by atoms with E-state index < -0.39 is 0 Å². The van der Waals surface area contributed by atoms with Crippen LogP contribution in [0.25, 0.3) is 0 Å². The molecule has 0 aromatic carbocycles. The molecule has 0 aliphatic carbocycles. The Kier molecular flexibility index (Phi) is 6.17. The molecule has 6 heteroatoms. The lowest BCUT2D eigenvalue weighted by molar-refractivity contribution is 0.408. The van der Waals surface area contributed by atoms with E-state index in [1.807, 2.05) is 18.8 Å². The molecule has 0 bridgehead atoms. The highest BCUT2D eigenvalue weighted by atomic mass is 32.2. The van der Waals surface area contributed by atoms with Crippen molar-refractivity contribution in [3.8, 4) is 0 Å². The third kappa shape index (κ3) is 3.97. The molecule has 1 aliphatic rings. The molecule has 0 saturated carbocycles. The van der Waals surface area contributed by atoms with Crippen LogP contribution in [0.2, 0.25) is 0 Å². The summed E-state index contributed by atoms with van der Waals surface area (Å²) in [6.07, 6.45) is 2.22. The van der Waals surface area contributed by atoms with E-state index in [4.69, 9.17) is 0 Å². The quantitative estimate of drug-likeness (QED) is 0.680. The maximum atomic E-state index is 4.48. The van der Waals surface area contributed by atoms with E-state index in [-0.39, 0.29) is 0 Å². The Hall–Kier alpha value is -1.17. The van der Waals surface area contributed by atoms with Crippen LogP contribution in [0.3, 0.4) is 0 Å². The van der Waals surface area contributed by atoms with Crippen molar-refractivity contribution >= 4 is 17.7 Å². The van der Waals surface area contributed by atoms with Gasteiger partial charge in [-0.2, -0.15) is 16.9 Å². The standard InChI is InChI=1S/C16H29N5S/c1-6-14-11-21(9-10-22-14)16(17-4)18-8-7-15-12(2)19-20(5)13(15)3/h14H,6-11H2,1-5H3,(H,17,18). The summed E-state index contributed by atoms with van der Waals surface area (Å²) in [5.74, 6) is 2.23. The number of aliphatic imine (C=N–C) groups is 1. The minimum Gasteiger partial charge on any atom is -0.356 e. The highest BCUT2D eigenvalue weighted by Crippen LogP contribution is 2.21. The van der Waals surface area contributed by atoms with Crippen LogP contribution in [-0.4, -0.2) is 58.3 Å². The van der Waals surface area contributed by atoms with Crippen LogP contribution in [0.4, 0.5) is 0 Å². The molecule has 1 saturated heterocycles. The average Bonchev–Trinajstić information content (AvgIpc) is 2.77. The first-order chi connectivity index (χ1) is 10.6. The second-order valence-electron chi connectivity index (χ2n) is 5.84. The van der Waals surface area contributed by atoms with Gasteiger partial charge in [0.25, 0.3) is 0 Å². The number of hydrogen-bond acceptors (Lipinski definition) is 3. The Morgan fingerprint density at radius 1 is 1.45 bits per heavy atom. The van der Waals surface area contributed by atoms with Crippen molar-refractivity contribution < 1.29 is 0 Å². The van der Waals surface area contributed by atoms with Crippen LogP contribution in [0.15, 0.2) is 4.99 Å². The Morgan fingerprint density at radius 3 is 2.82 bits per heavy atom. The highest BCUT2D eigenvalue weighted by Gasteiger charge is 2.21. The van der Waals surface area contributed by atoms with Crippen molar-refractivity contribution in [2.24, 2.45) is 12.0 Å². The molecule has 1 atom stereocenters. The maximum absolute atomic E-state index is 4.48. The van der Waals surface area contributed by atoms with Crippen LogP contribution in [0.5, 0.6) is 0 Å². The van der Waals surface area contributed by atoms with Crippen LogP contribution in [-0.2, 0) is 13.5 Å². The first-order valence-electron chi connectivity index (χ1n) is 8.13. The summed E-state index contributed by atoms with van der Waals surface area (Å²) in [5.41, 5.74) is 3.75. The van der Waals surface area contributed by atoms with Gasteiger partial charge in [0.2, 0.25) is 0 Å². The van der Waals surface area contributed by atoms with Gasteiger partial charge in [-0.05, 0) is 32.3 Å². The molecule has 0 radical (unpaired) electrons. The summed E-state index contributed by atoms with van der Waals surface area (Å²) >= 11 is 2.09. The van der Waals surface area contributed by atoms with Gasteiger partial charge >= 0.3 is 0 Å². The molecule has 0 amide bonds. The lowest BCUT2D eigenvalue weighted by atomic mass is 10.1. The summed E-state index contributed by atoms with van der Waals surface area (Å²) in [6, 6.07) is 0. The van der Waals surface area contributed by atoms with Gasteiger partial charge < -0.3 is 10.2 Å². The number of nitrogens with zero attached hydrogens (tertiary/aromatic N) is 4. The number of aryl methyl sites for hydroxylation is 2. The predicted octanol–water partition coefficient (Wildman–Crippen LogP) is 1.98. The van der Waals surface area contributed by atoms with E-state index in [0.29, 0.717) is 0 Å². The van der Waals surface area contributed by atoms with Gasteiger partial charge in [0.05, 0.1) is 5.69 Å². The van der Waals surface area contributed by atoms with Crippen LogP contribution >= 0.6 is 11.8 Å². The number of nitrogens with one attached hydrogen (secondary N) is 1. The highest BCUT2D eigenvalue weighted by molar-refractivity contribution is 8.00. The molecular weight excluding hydrogens is 294 g/mol. The first kappa shape index (κ1) is 17.2. The normalized spacial score (nSPS) is 19.6. The zero-order chi connectivity index (χ0) is 16.1. The van der Waals surface area contributed by atoms with Crippen molar-refractivity contribution in [3.05, 3.63) is 17.0 Å². The van der Waals surface area contributed by atoms with Gasteiger partial charge in [-0.25, -0.2) is 0 Å². The van der Waals surface area contributed by atoms with Crippen LogP contribution < -0.4 is 5.32 Å². The number of hydrogen-bond donors (Lipinski definition) is 1. The number of thioether (sulfide) groups is 1. The third-order valence-electron chi connectivity index (χ3n) is 4.42. The van der Waals surface area contributed by atoms with Gasteiger partial charge in [-0.1, -0.05) is 6.92 Å². The SMILES string of the molecule is CCC1CN(C(=NC)NCCc2c(C)nn(C)c2C)CCS1. The summed E-state index contributed by atoms with van der Waals surface area (Å²) in [6.45, 7) is 9.59. The van der Waals surface area contributed by atoms with E-state index in [2.05, 4.69) is 52.8 Å². The minimum absolute atomic E-state index is 0.732. The fourth-order valence-corrected chi connectivity index (χ4v) is 4.15. The molecular formula is C16H29N5S. The van der Waals surface area contributed by atoms with Gasteiger partial charge in [0, 0.05) is 50.4 Å².